The lowest BCUT2D eigenvalue weighted by Gasteiger charge is -1.97. The van der Waals surface area contributed by atoms with Crippen LogP contribution in [0.15, 0.2) is 0 Å². The van der Waals surface area contributed by atoms with Crippen LogP contribution in [0.3, 0.4) is 0 Å². The predicted molar refractivity (Wildman–Crippen MR) is 41.0 cm³/mol. The van der Waals surface area contributed by atoms with Gasteiger partial charge in [0.25, 0.3) is 0 Å². The molecule has 5 heteroatoms. The number of nitrogens with two attached hydrogens (primary N) is 1. The molecule has 0 spiro atoms. The van der Waals surface area contributed by atoms with Crippen molar-refractivity contribution in [2.75, 3.05) is 25.1 Å². The van der Waals surface area contributed by atoms with Gasteiger partial charge in [-0.15, -0.1) is 0 Å². The Morgan fingerprint density at radius 2 is 2.30 bits per heavy atom. The van der Waals surface area contributed by atoms with Crippen molar-refractivity contribution >= 4 is 16.7 Å². The molecule has 0 bridgehead atoms. The molecule has 0 aliphatic rings. The average Bonchev–Trinajstić information content (AvgIpc) is 1.88. The van der Waals surface area contributed by atoms with Crippen molar-refractivity contribution in [2.45, 2.75) is 0 Å². The lowest BCUT2D eigenvalue weighted by Crippen LogP contribution is -2.26. The first-order chi connectivity index (χ1) is 4.70. The van der Waals surface area contributed by atoms with Crippen LogP contribution in [0.1, 0.15) is 0 Å². The maximum Gasteiger partial charge on any atom is 0.232 e. The van der Waals surface area contributed by atoms with E-state index >= 15 is 0 Å². The zero-order valence-electron chi connectivity index (χ0n) is 5.92. The number of hydrogen-bond acceptors (Lipinski definition) is 3. The van der Waals surface area contributed by atoms with Gasteiger partial charge >= 0.3 is 0 Å². The molecule has 10 heavy (non-hydrogen) atoms. The Labute approximate surface area is 62.6 Å². The highest BCUT2D eigenvalue weighted by Gasteiger charge is 2.03. The highest BCUT2D eigenvalue weighted by molar-refractivity contribution is 7.85. The summed E-state index contributed by atoms with van der Waals surface area (Å²) in [5, 5.41) is 2.38. The Kier molecular flexibility index (Phi) is 5.15. The van der Waals surface area contributed by atoms with Crippen LogP contribution < -0.4 is 11.1 Å². The Bertz CT molecular complexity index is 138. The summed E-state index contributed by atoms with van der Waals surface area (Å²) >= 11 is 0. The number of carbonyl (C=O) groups is 1. The molecule has 0 saturated heterocycles. The third-order valence-electron chi connectivity index (χ3n) is 0.916. The van der Waals surface area contributed by atoms with Gasteiger partial charge in [0.1, 0.15) is 5.75 Å². The first-order valence-corrected chi connectivity index (χ1v) is 4.45. The van der Waals surface area contributed by atoms with E-state index in [0.29, 0.717) is 12.3 Å². The number of carbonyl (C=O) groups excluding carboxylic acids is 1. The van der Waals surface area contributed by atoms with Gasteiger partial charge in [-0.1, -0.05) is 0 Å². The zero-order chi connectivity index (χ0) is 7.98. The van der Waals surface area contributed by atoms with Crippen molar-refractivity contribution in [3.63, 3.8) is 0 Å². The van der Waals surface area contributed by atoms with Gasteiger partial charge in [0.2, 0.25) is 5.91 Å². The topological polar surface area (TPSA) is 72.2 Å². The van der Waals surface area contributed by atoms with E-state index in [0.717, 1.165) is 0 Å². The molecular formula is C5H12N2O2S. The molecule has 0 aromatic heterocycles. The van der Waals surface area contributed by atoms with Crippen LogP contribution in [-0.2, 0) is 15.6 Å². The minimum absolute atomic E-state index is 0.0632. The molecule has 0 aliphatic heterocycles. The fraction of sp³-hybridized carbons (Fsp3) is 0.800. The molecule has 60 valence electrons. The summed E-state index contributed by atoms with van der Waals surface area (Å²) in [6.45, 7) is 0.365. The highest BCUT2D eigenvalue weighted by Crippen LogP contribution is 1.79. The van der Waals surface area contributed by atoms with E-state index in [-0.39, 0.29) is 11.7 Å². The highest BCUT2D eigenvalue weighted by atomic mass is 32.2. The van der Waals surface area contributed by atoms with Gasteiger partial charge in [-0.3, -0.25) is 9.00 Å². The lowest BCUT2D eigenvalue weighted by molar-refractivity contribution is -0.118. The van der Waals surface area contributed by atoms with Gasteiger partial charge in [-0.05, 0) is 0 Å². The van der Waals surface area contributed by atoms with Crippen molar-refractivity contribution in [3.8, 4) is 0 Å². The van der Waals surface area contributed by atoms with E-state index in [1.54, 1.807) is 0 Å². The molecular weight excluding hydrogens is 152 g/mol. The molecule has 0 saturated carbocycles. The molecule has 0 aromatic rings. The molecule has 0 aliphatic carbocycles. The Hall–Kier alpha value is -0.420. The van der Waals surface area contributed by atoms with E-state index in [1.807, 2.05) is 0 Å². The molecule has 1 amide bonds. The van der Waals surface area contributed by atoms with Crippen LogP contribution in [0.25, 0.3) is 0 Å². The minimum Gasteiger partial charge on any atom is -0.358 e. The lowest BCUT2D eigenvalue weighted by atomic mass is 10.7. The monoisotopic (exact) mass is 164 g/mol. The SMILES string of the molecule is CNC(=O)CS(=O)CCN. The van der Waals surface area contributed by atoms with Gasteiger partial charge < -0.3 is 11.1 Å². The van der Waals surface area contributed by atoms with Crippen LogP contribution >= 0.6 is 0 Å². The molecule has 0 radical (unpaired) electrons. The van der Waals surface area contributed by atoms with Crippen LogP contribution in [0.4, 0.5) is 0 Å². The van der Waals surface area contributed by atoms with Crippen LogP contribution in [0.5, 0.6) is 0 Å². The van der Waals surface area contributed by atoms with Crippen LogP contribution in [0, 0.1) is 0 Å². The summed E-state index contributed by atoms with van der Waals surface area (Å²) in [6, 6.07) is 0. The van der Waals surface area contributed by atoms with E-state index < -0.39 is 10.8 Å². The smallest absolute Gasteiger partial charge is 0.232 e. The van der Waals surface area contributed by atoms with Gasteiger partial charge in [0.05, 0.1) is 0 Å². The summed E-state index contributed by atoms with van der Waals surface area (Å²) in [5.74, 6) is 0.257. The van der Waals surface area contributed by atoms with Crippen molar-refractivity contribution in [3.05, 3.63) is 0 Å². The molecule has 3 N–H and O–H groups in total. The maximum atomic E-state index is 10.8. The predicted octanol–water partition coefficient (Wildman–Crippen LogP) is -1.56. The van der Waals surface area contributed by atoms with E-state index in [4.69, 9.17) is 5.73 Å². The molecule has 0 fully saturated rings. The molecule has 4 nitrogen and oxygen atoms in total. The quantitative estimate of drug-likeness (QED) is 0.528. The number of nitrogens with one attached hydrogen (secondary N) is 1. The first-order valence-electron chi connectivity index (χ1n) is 2.96. The van der Waals surface area contributed by atoms with Gasteiger partial charge in [-0.25, -0.2) is 0 Å². The normalized spacial score (nSPS) is 12.6. The summed E-state index contributed by atoms with van der Waals surface area (Å²) < 4.78 is 10.8. The Balaban J connectivity index is 3.47. The van der Waals surface area contributed by atoms with Crippen molar-refractivity contribution in [2.24, 2.45) is 5.73 Å². The Morgan fingerprint density at radius 3 is 2.70 bits per heavy atom. The van der Waals surface area contributed by atoms with Crippen LogP contribution in [0.2, 0.25) is 0 Å². The second-order valence-corrected chi connectivity index (χ2v) is 3.33. The summed E-state index contributed by atoms with van der Waals surface area (Å²) in [7, 11) is 0.429. The molecule has 0 heterocycles. The summed E-state index contributed by atoms with van der Waals surface area (Å²) in [6.07, 6.45) is 0. The summed E-state index contributed by atoms with van der Waals surface area (Å²) in [5.41, 5.74) is 5.12. The van der Waals surface area contributed by atoms with Crippen LogP contribution in [-0.4, -0.2) is 35.2 Å². The van der Waals surface area contributed by atoms with E-state index in [2.05, 4.69) is 5.32 Å². The molecule has 0 rings (SSSR count). The zero-order valence-corrected chi connectivity index (χ0v) is 6.74. The third kappa shape index (κ3) is 4.46. The number of rotatable bonds is 4. The van der Waals surface area contributed by atoms with Gasteiger partial charge in [0, 0.05) is 30.1 Å². The average molecular weight is 164 g/mol. The second kappa shape index (κ2) is 5.37. The fourth-order valence-corrected chi connectivity index (χ4v) is 1.27. The molecule has 1 unspecified atom stereocenters. The summed E-state index contributed by atoms with van der Waals surface area (Å²) in [4.78, 5) is 10.6. The molecule has 1 atom stereocenters. The van der Waals surface area contributed by atoms with Gasteiger partial charge in [-0.2, -0.15) is 0 Å². The maximum absolute atomic E-state index is 10.8. The van der Waals surface area contributed by atoms with E-state index in [1.165, 1.54) is 7.05 Å². The minimum atomic E-state index is -1.09. The number of amides is 1. The van der Waals surface area contributed by atoms with E-state index in [9.17, 15) is 9.00 Å². The number of hydrogen-bond donors (Lipinski definition) is 2. The second-order valence-electron chi connectivity index (χ2n) is 1.75. The largest absolute Gasteiger partial charge is 0.358 e. The van der Waals surface area contributed by atoms with Gasteiger partial charge in [0.15, 0.2) is 0 Å². The standard InChI is InChI=1S/C5H12N2O2S/c1-7-5(8)4-10(9)3-2-6/h2-4,6H2,1H3,(H,7,8). The van der Waals surface area contributed by atoms with Crippen molar-refractivity contribution < 1.29 is 9.00 Å². The van der Waals surface area contributed by atoms with Crippen molar-refractivity contribution in [1.29, 1.82) is 0 Å². The van der Waals surface area contributed by atoms with Crippen molar-refractivity contribution in [1.82, 2.24) is 5.32 Å². The first kappa shape index (κ1) is 9.58. The Morgan fingerprint density at radius 1 is 1.70 bits per heavy atom. The third-order valence-corrected chi connectivity index (χ3v) is 2.19. The molecule has 0 aromatic carbocycles. The fourth-order valence-electron chi connectivity index (χ4n) is 0.422.